The average Bonchev–Trinajstić information content (AvgIpc) is 2.31. The average molecular weight is 279 g/mol. The molecule has 0 saturated carbocycles. The second-order valence-electron chi connectivity index (χ2n) is 4.26. The van der Waals surface area contributed by atoms with Crippen molar-refractivity contribution in [2.45, 2.75) is 13.8 Å². The Morgan fingerprint density at radius 3 is 2.50 bits per heavy atom. The van der Waals surface area contributed by atoms with Gasteiger partial charge in [-0.25, -0.2) is 13.6 Å². The maximum absolute atomic E-state index is 13.5. The Kier molecular flexibility index (Phi) is 3.65. The standard InChI is InChI=1S/C14H11F2NO3/c1-7-5-12(18)20-8(2)13(7)14(19)17-11-4-3-9(15)6-10(11)16/h3-6H,1-2H3,(H,17,19). The van der Waals surface area contributed by atoms with Crippen LogP contribution in [0.4, 0.5) is 14.5 Å². The van der Waals surface area contributed by atoms with Gasteiger partial charge in [-0.2, -0.15) is 0 Å². The number of benzene rings is 1. The molecule has 1 heterocycles. The number of anilines is 1. The summed E-state index contributed by atoms with van der Waals surface area (Å²) in [5, 5.41) is 2.31. The lowest BCUT2D eigenvalue weighted by Gasteiger charge is -2.09. The van der Waals surface area contributed by atoms with Crippen molar-refractivity contribution in [3.05, 3.63) is 63.2 Å². The topological polar surface area (TPSA) is 59.3 Å². The van der Waals surface area contributed by atoms with Gasteiger partial charge in [0.15, 0.2) is 0 Å². The van der Waals surface area contributed by atoms with E-state index >= 15 is 0 Å². The SMILES string of the molecule is Cc1cc(=O)oc(C)c1C(=O)Nc1ccc(F)cc1F. The van der Waals surface area contributed by atoms with E-state index in [0.717, 1.165) is 12.1 Å². The van der Waals surface area contributed by atoms with Crippen LogP contribution in [0, 0.1) is 25.5 Å². The van der Waals surface area contributed by atoms with Gasteiger partial charge in [-0.05, 0) is 31.5 Å². The van der Waals surface area contributed by atoms with Gasteiger partial charge in [-0.3, -0.25) is 4.79 Å². The summed E-state index contributed by atoms with van der Waals surface area (Å²) in [5.74, 6) is -2.12. The van der Waals surface area contributed by atoms with E-state index < -0.39 is 23.2 Å². The van der Waals surface area contributed by atoms with Crippen molar-refractivity contribution in [1.29, 1.82) is 0 Å². The molecule has 0 saturated heterocycles. The van der Waals surface area contributed by atoms with Crippen molar-refractivity contribution >= 4 is 11.6 Å². The molecule has 1 aromatic heterocycles. The summed E-state index contributed by atoms with van der Waals surface area (Å²) in [4.78, 5) is 23.2. The van der Waals surface area contributed by atoms with E-state index in [-0.39, 0.29) is 17.0 Å². The van der Waals surface area contributed by atoms with Crippen molar-refractivity contribution in [2.24, 2.45) is 0 Å². The van der Waals surface area contributed by atoms with E-state index in [2.05, 4.69) is 5.32 Å². The van der Waals surface area contributed by atoms with Crippen LogP contribution in [0.1, 0.15) is 21.7 Å². The molecule has 1 amide bonds. The van der Waals surface area contributed by atoms with Crippen LogP contribution in [-0.4, -0.2) is 5.91 Å². The van der Waals surface area contributed by atoms with Crippen molar-refractivity contribution in [2.75, 3.05) is 5.32 Å². The van der Waals surface area contributed by atoms with Crippen LogP contribution in [0.3, 0.4) is 0 Å². The molecule has 2 rings (SSSR count). The van der Waals surface area contributed by atoms with Gasteiger partial charge >= 0.3 is 5.63 Å². The molecule has 0 atom stereocenters. The van der Waals surface area contributed by atoms with Crippen LogP contribution in [-0.2, 0) is 0 Å². The maximum atomic E-state index is 13.5. The van der Waals surface area contributed by atoms with Crippen LogP contribution in [0.2, 0.25) is 0 Å². The van der Waals surface area contributed by atoms with Gasteiger partial charge in [0.2, 0.25) is 0 Å². The third-order valence-electron chi connectivity index (χ3n) is 2.74. The van der Waals surface area contributed by atoms with E-state index in [1.807, 2.05) is 0 Å². The fraction of sp³-hybridized carbons (Fsp3) is 0.143. The quantitative estimate of drug-likeness (QED) is 0.919. The minimum absolute atomic E-state index is 0.134. The van der Waals surface area contributed by atoms with Crippen molar-refractivity contribution in [1.82, 2.24) is 0 Å². The zero-order chi connectivity index (χ0) is 14.9. The predicted molar refractivity (Wildman–Crippen MR) is 68.8 cm³/mol. The largest absolute Gasteiger partial charge is 0.427 e. The number of amides is 1. The summed E-state index contributed by atoms with van der Waals surface area (Å²) in [6, 6.07) is 3.99. The molecule has 0 unspecified atom stereocenters. The van der Waals surface area contributed by atoms with Crippen LogP contribution >= 0.6 is 0 Å². The Balaban J connectivity index is 2.36. The molecule has 1 N–H and O–H groups in total. The van der Waals surface area contributed by atoms with Gasteiger partial charge in [-0.1, -0.05) is 0 Å². The third kappa shape index (κ3) is 2.74. The Hall–Kier alpha value is -2.50. The van der Waals surface area contributed by atoms with Crippen LogP contribution in [0.25, 0.3) is 0 Å². The first-order chi connectivity index (χ1) is 9.38. The predicted octanol–water partition coefficient (Wildman–Crippen LogP) is 2.79. The van der Waals surface area contributed by atoms with Gasteiger partial charge in [0, 0.05) is 12.1 Å². The van der Waals surface area contributed by atoms with Gasteiger partial charge < -0.3 is 9.73 Å². The minimum atomic E-state index is -0.883. The molecule has 2 aromatic rings. The molecule has 0 radical (unpaired) electrons. The summed E-state index contributed by atoms with van der Waals surface area (Å²) in [7, 11) is 0. The highest BCUT2D eigenvalue weighted by atomic mass is 19.1. The molecule has 4 nitrogen and oxygen atoms in total. The lowest BCUT2D eigenvalue weighted by Crippen LogP contribution is -2.18. The molecule has 6 heteroatoms. The maximum Gasteiger partial charge on any atom is 0.336 e. The van der Waals surface area contributed by atoms with E-state index in [1.165, 1.54) is 13.0 Å². The summed E-state index contributed by atoms with van der Waals surface area (Å²) in [6.45, 7) is 3.03. The minimum Gasteiger partial charge on any atom is -0.427 e. The van der Waals surface area contributed by atoms with Crippen molar-refractivity contribution in [3.63, 3.8) is 0 Å². The molecule has 1 aromatic carbocycles. The summed E-state index contributed by atoms with van der Waals surface area (Å²) in [6.07, 6.45) is 0. The number of rotatable bonds is 2. The molecular weight excluding hydrogens is 268 g/mol. The zero-order valence-electron chi connectivity index (χ0n) is 10.8. The van der Waals surface area contributed by atoms with E-state index in [4.69, 9.17) is 4.42 Å². The monoisotopic (exact) mass is 279 g/mol. The van der Waals surface area contributed by atoms with Crippen molar-refractivity contribution < 1.29 is 18.0 Å². The Labute approximate surface area is 113 Å². The van der Waals surface area contributed by atoms with Crippen molar-refractivity contribution in [3.8, 4) is 0 Å². The number of carbonyl (C=O) groups is 1. The fourth-order valence-corrected chi connectivity index (χ4v) is 1.87. The molecular formula is C14H11F2NO3. The second kappa shape index (κ2) is 5.24. The van der Waals surface area contributed by atoms with Crippen LogP contribution in [0.15, 0.2) is 33.5 Å². The Morgan fingerprint density at radius 2 is 1.90 bits per heavy atom. The van der Waals surface area contributed by atoms with Gasteiger partial charge in [0.1, 0.15) is 17.4 Å². The lowest BCUT2D eigenvalue weighted by molar-refractivity contribution is 0.102. The summed E-state index contributed by atoms with van der Waals surface area (Å²) in [5.41, 5.74) is -0.155. The second-order valence-corrected chi connectivity index (χ2v) is 4.26. The molecule has 104 valence electrons. The smallest absolute Gasteiger partial charge is 0.336 e. The Morgan fingerprint density at radius 1 is 1.20 bits per heavy atom. The number of hydrogen-bond donors (Lipinski definition) is 1. The zero-order valence-corrected chi connectivity index (χ0v) is 10.8. The highest BCUT2D eigenvalue weighted by molar-refractivity contribution is 6.05. The first kappa shape index (κ1) is 13.9. The number of halogens is 2. The normalized spacial score (nSPS) is 10.4. The fourth-order valence-electron chi connectivity index (χ4n) is 1.87. The van der Waals surface area contributed by atoms with Gasteiger partial charge in [0.25, 0.3) is 5.91 Å². The van der Waals surface area contributed by atoms with Crippen LogP contribution in [0.5, 0.6) is 0 Å². The van der Waals surface area contributed by atoms with Crippen LogP contribution < -0.4 is 10.9 Å². The number of hydrogen-bond acceptors (Lipinski definition) is 3. The van der Waals surface area contributed by atoms with E-state index in [9.17, 15) is 18.4 Å². The first-order valence-electron chi connectivity index (χ1n) is 5.76. The Bertz CT molecular complexity index is 711. The molecule has 20 heavy (non-hydrogen) atoms. The number of carbonyl (C=O) groups excluding carboxylic acids is 1. The third-order valence-corrected chi connectivity index (χ3v) is 2.74. The molecule has 0 aliphatic heterocycles. The first-order valence-corrected chi connectivity index (χ1v) is 5.76. The number of aryl methyl sites for hydroxylation is 2. The van der Waals surface area contributed by atoms with E-state index in [0.29, 0.717) is 11.6 Å². The van der Waals surface area contributed by atoms with Gasteiger partial charge in [-0.15, -0.1) is 0 Å². The molecule has 0 aliphatic carbocycles. The highest BCUT2D eigenvalue weighted by Crippen LogP contribution is 2.18. The van der Waals surface area contributed by atoms with Gasteiger partial charge in [0.05, 0.1) is 11.3 Å². The molecule has 0 spiro atoms. The summed E-state index contributed by atoms with van der Waals surface area (Å²) >= 11 is 0. The lowest BCUT2D eigenvalue weighted by atomic mass is 10.1. The number of nitrogens with one attached hydrogen (secondary N) is 1. The summed E-state index contributed by atoms with van der Waals surface area (Å²) < 4.78 is 31.1. The van der Waals surface area contributed by atoms with E-state index in [1.54, 1.807) is 6.92 Å². The molecule has 0 bridgehead atoms. The molecule has 0 aliphatic rings. The molecule has 0 fully saturated rings. The highest BCUT2D eigenvalue weighted by Gasteiger charge is 2.16.